The summed E-state index contributed by atoms with van der Waals surface area (Å²) >= 11 is 0. The van der Waals surface area contributed by atoms with Crippen LogP contribution in [0.3, 0.4) is 0 Å². The molecule has 1 amide bonds. The largest absolute Gasteiger partial charge is 0.357 e. The summed E-state index contributed by atoms with van der Waals surface area (Å²) in [7, 11) is 0. The van der Waals surface area contributed by atoms with Crippen molar-refractivity contribution in [3.8, 4) is 0 Å². The molecule has 1 atom stereocenters. The lowest BCUT2D eigenvalue weighted by atomic mass is 10.1. The fourth-order valence-electron chi connectivity index (χ4n) is 3.24. The predicted molar refractivity (Wildman–Crippen MR) is 106 cm³/mol. The van der Waals surface area contributed by atoms with Gasteiger partial charge in [0.1, 0.15) is 5.82 Å². The van der Waals surface area contributed by atoms with Gasteiger partial charge in [-0.05, 0) is 56.0 Å². The highest BCUT2D eigenvalue weighted by Gasteiger charge is 2.13. The van der Waals surface area contributed by atoms with Crippen molar-refractivity contribution in [2.75, 3.05) is 23.3 Å². The third-order valence-corrected chi connectivity index (χ3v) is 4.69. The second kappa shape index (κ2) is 9.34. The Morgan fingerprint density at radius 3 is 2.69 bits per heavy atom. The molecule has 2 aromatic rings. The number of amides is 1. The van der Waals surface area contributed by atoms with Crippen LogP contribution in [0.2, 0.25) is 0 Å². The van der Waals surface area contributed by atoms with Gasteiger partial charge in [-0.2, -0.15) is 0 Å². The van der Waals surface area contributed by atoms with E-state index in [2.05, 4.69) is 26.6 Å². The fourth-order valence-corrected chi connectivity index (χ4v) is 3.24. The molecule has 1 aromatic heterocycles. The molecule has 1 saturated heterocycles. The molecule has 1 fully saturated rings. The van der Waals surface area contributed by atoms with Crippen molar-refractivity contribution in [2.45, 2.75) is 45.2 Å². The highest BCUT2D eigenvalue weighted by Crippen LogP contribution is 2.18. The summed E-state index contributed by atoms with van der Waals surface area (Å²) < 4.78 is 0. The van der Waals surface area contributed by atoms with Crippen molar-refractivity contribution < 1.29 is 4.79 Å². The number of para-hydroxylation sites is 1. The van der Waals surface area contributed by atoms with Gasteiger partial charge >= 0.3 is 0 Å². The van der Waals surface area contributed by atoms with Gasteiger partial charge in [-0.25, -0.2) is 4.98 Å². The highest BCUT2D eigenvalue weighted by molar-refractivity contribution is 5.90. The zero-order chi connectivity index (χ0) is 18.2. The topological polar surface area (TPSA) is 57.3 Å². The summed E-state index contributed by atoms with van der Waals surface area (Å²) in [5, 5.41) is 6.37. The van der Waals surface area contributed by atoms with Crippen LogP contribution >= 0.6 is 0 Å². The molecule has 138 valence electrons. The van der Waals surface area contributed by atoms with Crippen LogP contribution in [0, 0.1) is 0 Å². The van der Waals surface area contributed by atoms with Gasteiger partial charge in [0, 0.05) is 44.0 Å². The van der Waals surface area contributed by atoms with Crippen LogP contribution < -0.4 is 15.5 Å². The van der Waals surface area contributed by atoms with E-state index in [4.69, 9.17) is 0 Å². The number of piperidine rings is 1. The average molecular weight is 352 g/mol. The van der Waals surface area contributed by atoms with Gasteiger partial charge in [0.15, 0.2) is 0 Å². The zero-order valence-corrected chi connectivity index (χ0v) is 15.4. The SMILES string of the molecule is CC(CC(=O)Nc1ccccc1)NCc1ccnc(N2CCCCC2)c1. The first-order valence-corrected chi connectivity index (χ1v) is 9.49. The molecular formula is C21H28N4O. The van der Waals surface area contributed by atoms with E-state index in [0.29, 0.717) is 6.42 Å². The number of hydrogen-bond donors (Lipinski definition) is 2. The zero-order valence-electron chi connectivity index (χ0n) is 15.4. The van der Waals surface area contributed by atoms with Crippen molar-refractivity contribution in [3.63, 3.8) is 0 Å². The molecule has 5 nitrogen and oxygen atoms in total. The van der Waals surface area contributed by atoms with Crippen molar-refractivity contribution in [2.24, 2.45) is 0 Å². The Hall–Kier alpha value is -2.40. The number of nitrogens with one attached hydrogen (secondary N) is 2. The molecule has 0 spiro atoms. The Bertz CT molecular complexity index is 698. The van der Waals surface area contributed by atoms with E-state index < -0.39 is 0 Å². The predicted octanol–water partition coefficient (Wildman–Crippen LogP) is 3.58. The minimum Gasteiger partial charge on any atom is -0.357 e. The first kappa shape index (κ1) is 18.4. The Labute approximate surface area is 155 Å². The standard InChI is InChI=1S/C21H28N4O/c1-17(14-21(26)24-19-8-4-2-5-9-19)23-16-18-10-11-22-20(15-18)25-12-6-3-7-13-25/h2,4-5,8-11,15,17,23H,3,6-7,12-14,16H2,1H3,(H,24,26). The molecule has 5 heteroatoms. The summed E-state index contributed by atoms with van der Waals surface area (Å²) in [4.78, 5) is 19.0. The van der Waals surface area contributed by atoms with Crippen molar-refractivity contribution in [1.29, 1.82) is 0 Å². The molecule has 1 unspecified atom stereocenters. The van der Waals surface area contributed by atoms with Gasteiger partial charge in [-0.15, -0.1) is 0 Å². The van der Waals surface area contributed by atoms with Gasteiger partial charge < -0.3 is 15.5 Å². The Balaban J connectivity index is 1.46. The van der Waals surface area contributed by atoms with Crippen LogP contribution in [-0.4, -0.2) is 30.0 Å². The van der Waals surface area contributed by atoms with Crippen LogP contribution in [0.15, 0.2) is 48.7 Å². The average Bonchev–Trinajstić information content (AvgIpc) is 2.68. The van der Waals surface area contributed by atoms with Gasteiger partial charge in [0.05, 0.1) is 0 Å². The first-order valence-electron chi connectivity index (χ1n) is 9.49. The van der Waals surface area contributed by atoms with Gasteiger partial charge in [-0.3, -0.25) is 4.79 Å². The molecule has 0 aliphatic carbocycles. The van der Waals surface area contributed by atoms with Gasteiger partial charge in [0.2, 0.25) is 5.91 Å². The van der Waals surface area contributed by atoms with E-state index in [0.717, 1.165) is 31.1 Å². The lowest BCUT2D eigenvalue weighted by molar-refractivity contribution is -0.116. The number of carbonyl (C=O) groups is 1. The number of carbonyl (C=O) groups excluding carboxylic acids is 1. The number of anilines is 2. The van der Waals surface area contributed by atoms with Crippen molar-refractivity contribution >= 4 is 17.4 Å². The molecule has 1 aliphatic heterocycles. The Morgan fingerprint density at radius 2 is 1.92 bits per heavy atom. The number of benzene rings is 1. The maximum Gasteiger partial charge on any atom is 0.225 e. The van der Waals surface area contributed by atoms with Crippen molar-refractivity contribution in [1.82, 2.24) is 10.3 Å². The van der Waals surface area contributed by atoms with E-state index in [1.54, 1.807) is 0 Å². The number of rotatable bonds is 7. The number of hydrogen-bond acceptors (Lipinski definition) is 4. The second-order valence-corrected chi connectivity index (χ2v) is 6.97. The van der Waals surface area contributed by atoms with Crippen LogP contribution in [0.1, 0.15) is 38.2 Å². The first-order chi connectivity index (χ1) is 12.7. The summed E-state index contributed by atoms with van der Waals surface area (Å²) in [6.07, 6.45) is 6.14. The van der Waals surface area contributed by atoms with Crippen LogP contribution in [-0.2, 0) is 11.3 Å². The monoisotopic (exact) mass is 352 g/mol. The Morgan fingerprint density at radius 1 is 1.15 bits per heavy atom. The van der Waals surface area contributed by atoms with Crippen LogP contribution in [0.5, 0.6) is 0 Å². The van der Waals surface area contributed by atoms with Crippen molar-refractivity contribution in [3.05, 3.63) is 54.2 Å². The molecule has 0 radical (unpaired) electrons. The second-order valence-electron chi connectivity index (χ2n) is 6.97. The molecule has 3 rings (SSSR count). The number of nitrogens with zero attached hydrogens (tertiary/aromatic N) is 2. The lowest BCUT2D eigenvalue weighted by Gasteiger charge is -2.28. The molecule has 2 heterocycles. The molecular weight excluding hydrogens is 324 g/mol. The smallest absolute Gasteiger partial charge is 0.225 e. The Kier molecular flexibility index (Phi) is 6.61. The van der Waals surface area contributed by atoms with Gasteiger partial charge in [0.25, 0.3) is 0 Å². The van der Waals surface area contributed by atoms with E-state index >= 15 is 0 Å². The molecule has 1 aliphatic rings. The van der Waals surface area contributed by atoms with Crippen LogP contribution in [0.4, 0.5) is 11.5 Å². The third-order valence-electron chi connectivity index (χ3n) is 4.69. The summed E-state index contributed by atoms with van der Waals surface area (Å²) in [6, 6.07) is 13.9. The van der Waals surface area contributed by atoms with E-state index in [-0.39, 0.29) is 11.9 Å². The number of pyridine rings is 1. The molecule has 1 aromatic carbocycles. The summed E-state index contributed by atoms with van der Waals surface area (Å²) in [5.41, 5.74) is 2.04. The minimum absolute atomic E-state index is 0.0277. The molecule has 0 saturated carbocycles. The van der Waals surface area contributed by atoms with Crippen LogP contribution in [0.25, 0.3) is 0 Å². The minimum atomic E-state index is 0.0277. The molecule has 26 heavy (non-hydrogen) atoms. The van der Waals surface area contributed by atoms with Gasteiger partial charge in [-0.1, -0.05) is 18.2 Å². The molecule has 2 N–H and O–H groups in total. The summed E-state index contributed by atoms with van der Waals surface area (Å²) in [5.74, 6) is 1.10. The normalized spacial score (nSPS) is 15.5. The van der Waals surface area contributed by atoms with E-state index in [1.807, 2.05) is 49.5 Å². The van der Waals surface area contributed by atoms with E-state index in [1.165, 1.54) is 24.8 Å². The maximum absolute atomic E-state index is 12.1. The number of aromatic nitrogens is 1. The fraction of sp³-hybridized carbons (Fsp3) is 0.429. The molecule has 0 bridgehead atoms. The third kappa shape index (κ3) is 5.56. The quantitative estimate of drug-likeness (QED) is 0.800. The highest BCUT2D eigenvalue weighted by atomic mass is 16.1. The maximum atomic E-state index is 12.1. The lowest BCUT2D eigenvalue weighted by Crippen LogP contribution is -2.31. The summed E-state index contributed by atoms with van der Waals surface area (Å²) in [6.45, 7) is 4.97. The van der Waals surface area contributed by atoms with E-state index in [9.17, 15) is 4.79 Å².